The third-order valence-electron chi connectivity index (χ3n) is 2.52. The number of carboxylic acid groups (broad SMARTS) is 1. The van der Waals surface area contributed by atoms with E-state index in [1.54, 1.807) is 13.0 Å². The summed E-state index contributed by atoms with van der Waals surface area (Å²) in [6.45, 7) is 1.69. The molecule has 0 atom stereocenters. The number of rotatable bonds is 4. The summed E-state index contributed by atoms with van der Waals surface area (Å²) in [5.41, 5.74) is 0.740. The van der Waals surface area contributed by atoms with Crippen molar-refractivity contribution in [2.24, 2.45) is 0 Å². The topological polar surface area (TPSA) is 91.3 Å². The fraction of sp³-hybridized carbons (Fsp3) is 0.154. The molecule has 1 aromatic carbocycles. The Morgan fingerprint density at radius 3 is 2.81 bits per heavy atom. The number of nitrogens with zero attached hydrogens (tertiary/aromatic N) is 1. The zero-order valence-electron chi connectivity index (χ0n) is 11.0. The molecule has 0 radical (unpaired) electrons. The Labute approximate surface area is 123 Å². The Morgan fingerprint density at radius 2 is 2.19 bits per heavy atom. The number of aromatic nitrogens is 1. The third-order valence-corrected chi connectivity index (χ3v) is 3.66. The summed E-state index contributed by atoms with van der Waals surface area (Å²) in [5.74, 6) is -1.49. The Kier molecular flexibility index (Phi) is 4.49. The van der Waals surface area contributed by atoms with E-state index in [0.29, 0.717) is 16.4 Å². The maximum atomic E-state index is 13.0. The van der Waals surface area contributed by atoms with E-state index < -0.39 is 17.8 Å². The van der Waals surface area contributed by atoms with Gasteiger partial charge in [-0.2, -0.15) is 0 Å². The smallest absolute Gasteiger partial charge is 0.347 e. The Balaban J connectivity index is 1.92. The van der Waals surface area contributed by atoms with Gasteiger partial charge >= 0.3 is 12.0 Å². The van der Waals surface area contributed by atoms with Gasteiger partial charge in [0.25, 0.3) is 0 Å². The first-order chi connectivity index (χ1) is 9.95. The van der Waals surface area contributed by atoms with Crippen LogP contribution in [0, 0.1) is 12.7 Å². The minimum Gasteiger partial charge on any atom is -0.477 e. The van der Waals surface area contributed by atoms with Crippen LogP contribution in [0.2, 0.25) is 0 Å². The SMILES string of the molecule is Cc1nc(CNC(=O)Nc2cccc(F)c2)sc1C(=O)O. The van der Waals surface area contributed by atoms with Crippen LogP contribution in [0.25, 0.3) is 0 Å². The highest BCUT2D eigenvalue weighted by Crippen LogP contribution is 2.17. The average Bonchev–Trinajstić information content (AvgIpc) is 2.78. The van der Waals surface area contributed by atoms with E-state index in [4.69, 9.17) is 5.11 Å². The van der Waals surface area contributed by atoms with Crippen LogP contribution in [-0.2, 0) is 6.54 Å². The number of hydrogen-bond acceptors (Lipinski definition) is 4. The van der Waals surface area contributed by atoms with Gasteiger partial charge < -0.3 is 15.7 Å². The van der Waals surface area contributed by atoms with Gasteiger partial charge in [-0.25, -0.2) is 19.0 Å². The van der Waals surface area contributed by atoms with Crippen LogP contribution in [-0.4, -0.2) is 22.1 Å². The predicted octanol–water partition coefficient (Wildman–Crippen LogP) is 2.61. The summed E-state index contributed by atoms with van der Waals surface area (Å²) in [5, 5.41) is 14.4. The first kappa shape index (κ1) is 14.9. The molecule has 2 amide bonds. The van der Waals surface area contributed by atoms with Crippen molar-refractivity contribution in [3.63, 3.8) is 0 Å². The molecule has 0 saturated heterocycles. The van der Waals surface area contributed by atoms with Crippen LogP contribution in [0.15, 0.2) is 24.3 Å². The molecule has 0 spiro atoms. The van der Waals surface area contributed by atoms with Crippen molar-refractivity contribution < 1.29 is 19.1 Å². The van der Waals surface area contributed by atoms with Gasteiger partial charge in [0.15, 0.2) is 0 Å². The molecular formula is C13H12FN3O3S. The van der Waals surface area contributed by atoms with Crippen molar-refractivity contribution >= 4 is 29.0 Å². The van der Waals surface area contributed by atoms with Crippen molar-refractivity contribution in [1.82, 2.24) is 10.3 Å². The van der Waals surface area contributed by atoms with E-state index in [1.165, 1.54) is 18.2 Å². The monoisotopic (exact) mass is 309 g/mol. The number of aromatic carboxylic acids is 1. The van der Waals surface area contributed by atoms with E-state index in [-0.39, 0.29) is 11.4 Å². The van der Waals surface area contributed by atoms with Crippen LogP contribution in [0.5, 0.6) is 0 Å². The molecular weight excluding hydrogens is 297 g/mol. The summed E-state index contributed by atoms with van der Waals surface area (Å²) in [4.78, 5) is 26.7. The number of carbonyl (C=O) groups is 2. The Hall–Kier alpha value is -2.48. The minimum absolute atomic E-state index is 0.0972. The van der Waals surface area contributed by atoms with Crippen LogP contribution in [0.3, 0.4) is 0 Å². The number of nitrogens with one attached hydrogen (secondary N) is 2. The average molecular weight is 309 g/mol. The molecule has 110 valence electrons. The largest absolute Gasteiger partial charge is 0.477 e. The zero-order valence-corrected chi connectivity index (χ0v) is 11.8. The van der Waals surface area contributed by atoms with Gasteiger partial charge in [0.2, 0.25) is 0 Å². The van der Waals surface area contributed by atoms with Gasteiger partial charge in [-0.3, -0.25) is 0 Å². The van der Waals surface area contributed by atoms with Gasteiger partial charge in [0.05, 0.1) is 12.2 Å². The van der Waals surface area contributed by atoms with Gasteiger partial charge in [0, 0.05) is 5.69 Å². The first-order valence-corrected chi connectivity index (χ1v) is 6.77. The highest BCUT2D eigenvalue weighted by atomic mass is 32.1. The number of anilines is 1. The highest BCUT2D eigenvalue weighted by molar-refractivity contribution is 7.13. The van der Waals surface area contributed by atoms with Crippen molar-refractivity contribution in [2.45, 2.75) is 13.5 Å². The summed E-state index contributed by atoms with van der Waals surface area (Å²) in [6, 6.07) is 4.97. The highest BCUT2D eigenvalue weighted by Gasteiger charge is 2.14. The lowest BCUT2D eigenvalue weighted by atomic mass is 10.3. The minimum atomic E-state index is -1.04. The summed E-state index contributed by atoms with van der Waals surface area (Å²) in [7, 11) is 0. The van der Waals surface area contributed by atoms with Gasteiger partial charge in [-0.05, 0) is 25.1 Å². The van der Waals surface area contributed by atoms with Crippen molar-refractivity contribution in [3.8, 4) is 0 Å². The van der Waals surface area contributed by atoms with Crippen molar-refractivity contribution in [2.75, 3.05) is 5.32 Å². The maximum Gasteiger partial charge on any atom is 0.347 e. The molecule has 2 rings (SSSR count). The van der Waals surface area contributed by atoms with E-state index in [1.807, 2.05) is 0 Å². The van der Waals surface area contributed by atoms with Crippen LogP contribution in [0.1, 0.15) is 20.4 Å². The van der Waals surface area contributed by atoms with E-state index >= 15 is 0 Å². The Morgan fingerprint density at radius 1 is 1.43 bits per heavy atom. The fourth-order valence-corrected chi connectivity index (χ4v) is 2.47. The van der Waals surface area contributed by atoms with Crippen molar-refractivity contribution in [3.05, 3.63) is 45.7 Å². The molecule has 8 heteroatoms. The van der Waals surface area contributed by atoms with E-state index in [2.05, 4.69) is 15.6 Å². The second-order valence-electron chi connectivity index (χ2n) is 4.15. The second kappa shape index (κ2) is 6.31. The molecule has 21 heavy (non-hydrogen) atoms. The second-order valence-corrected chi connectivity index (χ2v) is 5.23. The predicted molar refractivity (Wildman–Crippen MR) is 76.1 cm³/mol. The molecule has 2 aromatic rings. The number of carbonyl (C=O) groups excluding carboxylic acids is 1. The summed E-state index contributed by atoms with van der Waals surface area (Å²) < 4.78 is 13.0. The van der Waals surface area contributed by atoms with Crippen LogP contribution < -0.4 is 10.6 Å². The normalized spacial score (nSPS) is 10.2. The molecule has 0 saturated carbocycles. The van der Waals surface area contributed by atoms with Gasteiger partial charge in [-0.15, -0.1) is 11.3 Å². The van der Waals surface area contributed by atoms with Gasteiger partial charge in [-0.1, -0.05) is 6.07 Å². The molecule has 3 N–H and O–H groups in total. The molecule has 0 aliphatic carbocycles. The summed E-state index contributed by atoms with van der Waals surface area (Å²) in [6.07, 6.45) is 0. The molecule has 0 bridgehead atoms. The molecule has 0 aliphatic rings. The number of urea groups is 1. The molecule has 1 heterocycles. The molecule has 0 aliphatic heterocycles. The molecule has 0 unspecified atom stereocenters. The quantitative estimate of drug-likeness (QED) is 0.809. The Bertz CT molecular complexity index is 687. The number of aryl methyl sites for hydroxylation is 1. The number of thiazole rings is 1. The number of benzene rings is 1. The third kappa shape index (κ3) is 3.99. The van der Waals surface area contributed by atoms with E-state index in [0.717, 1.165) is 11.3 Å². The van der Waals surface area contributed by atoms with Crippen LogP contribution >= 0.6 is 11.3 Å². The first-order valence-electron chi connectivity index (χ1n) is 5.95. The number of halogens is 1. The number of amides is 2. The molecule has 6 nitrogen and oxygen atoms in total. The number of hydrogen-bond donors (Lipinski definition) is 3. The van der Waals surface area contributed by atoms with Crippen molar-refractivity contribution in [1.29, 1.82) is 0 Å². The lowest BCUT2D eigenvalue weighted by molar-refractivity contribution is 0.0701. The fourth-order valence-electron chi connectivity index (χ4n) is 1.62. The maximum absolute atomic E-state index is 13.0. The molecule has 1 aromatic heterocycles. The number of carboxylic acids is 1. The molecule has 0 fully saturated rings. The van der Waals surface area contributed by atoms with Gasteiger partial charge in [0.1, 0.15) is 15.7 Å². The van der Waals surface area contributed by atoms with E-state index in [9.17, 15) is 14.0 Å². The summed E-state index contributed by atoms with van der Waals surface area (Å²) >= 11 is 1.01. The lowest BCUT2D eigenvalue weighted by Crippen LogP contribution is -2.28. The lowest BCUT2D eigenvalue weighted by Gasteiger charge is -2.06. The van der Waals surface area contributed by atoms with Crippen LogP contribution in [0.4, 0.5) is 14.9 Å². The standard InChI is InChI=1S/C13H12FN3O3S/c1-7-11(12(18)19)21-10(16-7)6-15-13(20)17-9-4-2-3-8(14)5-9/h2-5H,6H2,1H3,(H,18,19)(H2,15,17,20). The zero-order chi connectivity index (χ0) is 15.4.